The number of likely N-dealkylation sites (tertiary alicyclic amines) is 1. The van der Waals surface area contributed by atoms with Crippen molar-refractivity contribution < 1.29 is 5.11 Å². The summed E-state index contributed by atoms with van der Waals surface area (Å²) in [6, 6.07) is 2.21. The molecule has 3 heterocycles. The van der Waals surface area contributed by atoms with Gasteiger partial charge in [-0.05, 0) is 32.9 Å². The molecule has 3 N–H and O–H groups in total. The van der Waals surface area contributed by atoms with Gasteiger partial charge in [-0.3, -0.25) is 0 Å². The van der Waals surface area contributed by atoms with E-state index in [4.69, 9.17) is 5.73 Å². The first-order valence-corrected chi connectivity index (χ1v) is 7.28. The van der Waals surface area contributed by atoms with Crippen LogP contribution in [-0.4, -0.2) is 59.3 Å². The molecule has 6 nitrogen and oxygen atoms in total. The van der Waals surface area contributed by atoms with Crippen molar-refractivity contribution >= 4 is 11.6 Å². The molecule has 20 heavy (non-hydrogen) atoms. The van der Waals surface area contributed by atoms with Gasteiger partial charge in [0.05, 0.1) is 6.61 Å². The predicted octanol–water partition coefficient (Wildman–Crippen LogP) is 0.342. The highest BCUT2D eigenvalue weighted by molar-refractivity contribution is 5.46. The summed E-state index contributed by atoms with van der Waals surface area (Å²) >= 11 is 0. The van der Waals surface area contributed by atoms with Gasteiger partial charge < -0.3 is 20.6 Å². The smallest absolute Gasteiger partial charge is 0.134 e. The quantitative estimate of drug-likeness (QED) is 0.812. The van der Waals surface area contributed by atoms with Gasteiger partial charge in [0, 0.05) is 30.6 Å². The molecule has 110 valence electrons. The summed E-state index contributed by atoms with van der Waals surface area (Å²) in [7, 11) is 2.16. The number of aliphatic hydroxyl groups excluding tert-OH is 1. The molecule has 1 aromatic heterocycles. The number of hydrogen-bond donors (Lipinski definition) is 2. The second kappa shape index (κ2) is 5.18. The van der Waals surface area contributed by atoms with Crippen LogP contribution in [0, 0.1) is 5.41 Å². The molecule has 0 aliphatic carbocycles. The molecule has 6 heteroatoms. The second-order valence-corrected chi connectivity index (χ2v) is 6.12. The minimum absolute atomic E-state index is 0.0576. The van der Waals surface area contributed by atoms with Crippen molar-refractivity contribution in [3.05, 3.63) is 12.4 Å². The number of piperidine rings is 2. The first kappa shape index (κ1) is 13.6. The van der Waals surface area contributed by atoms with E-state index in [9.17, 15) is 5.11 Å². The van der Waals surface area contributed by atoms with Gasteiger partial charge in [0.25, 0.3) is 0 Å². The monoisotopic (exact) mass is 277 g/mol. The van der Waals surface area contributed by atoms with Crippen LogP contribution in [0.5, 0.6) is 0 Å². The number of anilines is 2. The summed E-state index contributed by atoms with van der Waals surface area (Å²) in [5, 5.41) is 9.90. The Morgan fingerprint density at radius 1 is 1.40 bits per heavy atom. The van der Waals surface area contributed by atoms with E-state index < -0.39 is 0 Å². The Labute approximate surface area is 119 Å². The average molecular weight is 277 g/mol. The van der Waals surface area contributed by atoms with Crippen LogP contribution in [0.3, 0.4) is 0 Å². The maximum atomic E-state index is 9.90. The van der Waals surface area contributed by atoms with Crippen molar-refractivity contribution in [3.8, 4) is 0 Å². The minimum atomic E-state index is 0.0576. The van der Waals surface area contributed by atoms with Gasteiger partial charge in [-0.2, -0.15) is 0 Å². The van der Waals surface area contributed by atoms with Crippen LogP contribution in [0.1, 0.15) is 19.3 Å². The molecule has 2 fully saturated rings. The van der Waals surface area contributed by atoms with Crippen LogP contribution in [0.4, 0.5) is 11.6 Å². The number of rotatable bonds is 2. The van der Waals surface area contributed by atoms with E-state index in [1.165, 1.54) is 12.7 Å². The van der Waals surface area contributed by atoms with Crippen molar-refractivity contribution in [1.29, 1.82) is 0 Å². The summed E-state index contributed by atoms with van der Waals surface area (Å²) in [4.78, 5) is 12.9. The maximum Gasteiger partial charge on any atom is 0.134 e. The lowest BCUT2D eigenvalue weighted by atomic mass is 9.69. The van der Waals surface area contributed by atoms with E-state index in [0.29, 0.717) is 11.9 Å². The molecular weight excluding hydrogens is 254 g/mol. The highest BCUT2D eigenvalue weighted by Gasteiger charge is 2.46. The molecule has 2 atom stereocenters. The molecule has 0 unspecified atom stereocenters. The number of hydrogen-bond acceptors (Lipinski definition) is 6. The van der Waals surface area contributed by atoms with Gasteiger partial charge in [-0.15, -0.1) is 0 Å². The first-order valence-electron chi connectivity index (χ1n) is 7.28. The highest BCUT2D eigenvalue weighted by atomic mass is 16.3. The van der Waals surface area contributed by atoms with E-state index in [1.54, 1.807) is 0 Å². The SMILES string of the molecule is CN1CCC[C@]2(CO)CCN(c3cc(N)ncn3)C[C@@H]12. The summed E-state index contributed by atoms with van der Waals surface area (Å²) in [5.74, 6) is 1.40. The standard InChI is InChI=1S/C14H23N5O/c1-18-5-2-3-14(9-20)4-6-19(8-11(14)18)13-7-12(15)16-10-17-13/h7,10-11,20H,2-6,8-9H2,1H3,(H2,15,16,17)/t11-,14-/m1/s1. The molecule has 3 rings (SSSR count). The van der Waals surface area contributed by atoms with E-state index >= 15 is 0 Å². The lowest BCUT2D eigenvalue weighted by molar-refractivity contribution is -0.0277. The van der Waals surface area contributed by atoms with Crippen LogP contribution in [0.15, 0.2) is 12.4 Å². The topological polar surface area (TPSA) is 78.5 Å². The second-order valence-electron chi connectivity index (χ2n) is 6.12. The third kappa shape index (κ3) is 2.23. The third-order valence-electron chi connectivity index (χ3n) is 5.01. The molecule has 0 saturated carbocycles. The van der Waals surface area contributed by atoms with E-state index in [1.807, 2.05) is 6.07 Å². The van der Waals surface area contributed by atoms with E-state index in [-0.39, 0.29) is 12.0 Å². The minimum Gasteiger partial charge on any atom is -0.396 e. The number of nitrogens with two attached hydrogens (primary N) is 1. The van der Waals surface area contributed by atoms with Crippen molar-refractivity contribution in [3.63, 3.8) is 0 Å². The zero-order valence-electron chi connectivity index (χ0n) is 12.0. The van der Waals surface area contributed by atoms with Gasteiger partial charge in [0.2, 0.25) is 0 Å². The molecule has 2 aliphatic heterocycles. The Bertz CT molecular complexity index is 482. The zero-order valence-corrected chi connectivity index (χ0v) is 12.0. The Balaban J connectivity index is 1.83. The molecule has 0 amide bonds. The van der Waals surface area contributed by atoms with Crippen molar-refractivity contribution in [2.24, 2.45) is 5.41 Å². The molecule has 2 saturated heterocycles. The van der Waals surface area contributed by atoms with Crippen LogP contribution >= 0.6 is 0 Å². The molecular formula is C14H23N5O. The lowest BCUT2D eigenvalue weighted by Gasteiger charge is -2.53. The number of nitrogens with zero attached hydrogens (tertiary/aromatic N) is 4. The van der Waals surface area contributed by atoms with Gasteiger partial charge in [0.15, 0.2) is 0 Å². The third-order valence-corrected chi connectivity index (χ3v) is 5.01. The fourth-order valence-electron chi connectivity index (χ4n) is 3.76. The summed E-state index contributed by atoms with van der Waals surface area (Å²) < 4.78 is 0. The summed E-state index contributed by atoms with van der Waals surface area (Å²) in [6.07, 6.45) is 4.82. The number of likely N-dealkylation sites (N-methyl/N-ethyl adjacent to an activating group) is 1. The van der Waals surface area contributed by atoms with Crippen LogP contribution in [-0.2, 0) is 0 Å². The molecule has 0 radical (unpaired) electrons. The summed E-state index contributed by atoms with van der Waals surface area (Å²) in [6.45, 7) is 3.20. The first-order chi connectivity index (χ1) is 9.64. The van der Waals surface area contributed by atoms with E-state index in [0.717, 1.165) is 38.3 Å². The fourth-order valence-corrected chi connectivity index (χ4v) is 3.76. The van der Waals surface area contributed by atoms with Crippen LogP contribution in [0.2, 0.25) is 0 Å². The fraction of sp³-hybridized carbons (Fsp3) is 0.714. The van der Waals surface area contributed by atoms with Crippen molar-refractivity contribution in [2.45, 2.75) is 25.3 Å². The molecule has 1 aromatic rings. The summed E-state index contributed by atoms with van der Waals surface area (Å²) in [5.41, 5.74) is 5.81. The molecule has 0 spiro atoms. The van der Waals surface area contributed by atoms with Crippen molar-refractivity contribution in [1.82, 2.24) is 14.9 Å². The Hall–Kier alpha value is -1.40. The zero-order chi connectivity index (χ0) is 14.2. The van der Waals surface area contributed by atoms with Gasteiger partial charge in [-0.25, -0.2) is 9.97 Å². The molecule has 0 aromatic carbocycles. The Morgan fingerprint density at radius 2 is 2.25 bits per heavy atom. The number of aromatic nitrogens is 2. The highest BCUT2D eigenvalue weighted by Crippen LogP contribution is 2.42. The number of nitrogen functional groups attached to an aromatic ring is 1. The van der Waals surface area contributed by atoms with Crippen LogP contribution < -0.4 is 10.6 Å². The van der Waals surface area contributed by atoms with Crippen LogP contribution in [0.25, 0.3) is 0 Å². The molecule has 2 aliphatic rings. The average Bonchev–Trinajstić information content (AvgIpc) is 2.47. The largest absolute Gasteiger partial charge is 0.396 e. The van der Waals surface area contributed by atoms with Crippen molar-refractivity contribution in [2.75, 3.05) is 43.9 Å². The lowest BCUT2D eigenvalue weighted by Crippen LogP contribution is -2.61. The number of fused-ring (bicyclic) bond motifs is 1. The van der Waals surface area contributed by atoms with Gasteiger partial charge in [0.1, 0.15) is 18.0 Å². The normalized spacial score (nSPS) is 31.1. The van der Waals surface area contributed by atoms with E-state index in [2.05, 4.69) is 26.8 Å². The molecule has 0 bridgehead atoms. The van der Waals surface area contributed by atoms with Gasteiger partial charge >= 0.3 is 0 Å². The number of aliphatic hydroxyl groups is 1. The Morgan fingerprint density at radius 3 is 3.00 bits per heavy atom. The van der Waals surface area contributed by atoms with Gasteiger partial charge in [-0.1, -0.05) is 0 Å². The Kier molecular flexibility index (Phi) is 3.52. The maximum absolute atomic E-state index is 9.90. The predicted molar refractivity (Wildman–Crippen MR) is 78.4 cm³/mol.